The average molecular weight is 386 g/mol. The highest BCUT2D eigenvalue weighted by Gasteiger charge is 2.68. The van der Waals surface area contributed by atoms with Gasteiger partial charge in [-0.3, -0.25) is 0 Å². The van der Waals surface area contributed by atoms with Crippen molar-refractivity contribution in [1.29, 1.82) is 0 Å². The van der Waals surface area contributed by atoms with Gasteiger partial charge in [-0.25, -0.2) is 4.79 Å². The van der Waals surface area contributed by atoms with Crippen LogP contribution in [0.15, 0.2) is 12.2 Å². The molecule has 0 aliphatic carbocycles. The van der Waals surface area contributed by atoms with Crippen molar-refractivity contribution in [3.05, 3.63) is 12.2 Å². The lowest BCUT2D eigenvalue weighted by atomic mass is 10.0. The first kappa shape index (κ1) is 20.7. The van der Waals surface area contributed by atoms with Crippen LogP contribution in [-0.2, 0) is 33.2 Å². The largest absolute Gasteiger partial charge is 0.424 e. The fourth-order valence-electron chi connectivity index (χ4n) is 3.48. The number of carbonyl (C=O) groups is 1. The highest BCUT2D eigenvalue weighted by Crippen LogP contribution is 2.46. The van der Waals surface area contributed by atoms with Crippen LogP contribution in [0, 0.1) is 5.92 Å². The Morgan fingerprint density at radius 1 is 1.15 bits per heavy atom. The molecule has 3 aliphatic heterocycles. The van der Waals surface area contributed by atoms with Crippen molar-refractivity contribution in [3.63, 3.8) is 0 Å². The van der Waals surface area contributed by atoms with E-state index >= 15 is 0 Å². The zero-order valence-corrected chi connectivity index (χ0v) is 16.8. The van der Waals surface area contributed by atoms with Gasteiger partial charge in [0.1, 0.15) is 6.10 Å². The Hall–Kier alpha value is -1.03. The van der Waals surface area contributed by atoms with E-state index < -0.39 is 47.9 Å². The minimum absolute atomic E-state index is 0.184. The van der Waals surface area contributed by atoms with E-state index in [1.807, 2.05) is 13.8 Å². The molecular weight excluding hydrogens is 356 g/mol. The predicted octanol–water partition coefficient (Wildman–Crippen LogP) is 1.85. The van der Waals surface area contributed by atoms with Crippen LogP contribution in [-0.4, -0.2) is 59.6 Å². The van der Waals surface area contributed by atoms with Crippen LogP contribution in [0.4, 0.5) is 0 Å². The summed E-state index contributed by atoms with van der Waals surface area (Å²) in [5.74, 6) is -4.14. The molecule has 0 radical (unpaired) electrons. The summed E-state index contributed by atoms with van der Waals surface area (Å²) in [7, 11) is 0. The SMILES string of the molecule is CC(C)CC=CC(=O)O[C@@]1(O)[C@@H]([C@H]2COC(C)(C)O2)O[C@@H]2OC(C)(C)O[C@@H]21. The summed E-state index contributed by atoms with van der Waals surface area (Å²) < 4.78 is 34.2. The van der Waals surface area contributed by atoms with Gasteiger partial charge in [-0.2, -0.15) is 0 Å². The standard InChI is InChI=1S/C19H30O8/c1-11(2)8-7-9-13(20)25-19(21)14(12-10-22-17(3,4)24-12)23-16-15(19)26-18(5,6)27-16/h7,9,11-12,14-16,21H,8,10H2,1-6H3/t12-,14-,15+,16-,19+/m1/s1. The fourth-order valence-corrected chi connectivity index (χ4v) is 3.48. The van der Waals surface area contributed by atoms with Crippen molar-refractivity contribution < 1.29 is 38.3 Å². The second-order valence-electron chi connectivity index (χ2n) is 8.55. The fraction of sp³-hybridized carbons (Fsp3) is 0.842. The first-order chi connectivity index (χ1) is 12.4. The number of allylic oxidation sites excluding steroid dienone is 1. The Morgan fingerprint density at radius 2 is 1.85 bits per heavy atom. The molecule has 0 aromatic heterocycles. The molecule has 3 heterocycles. The molecule has 3 aliphatic rings. The molecule has 1 N–H and O–H groups in total. The first-order valence-corrected chi connectivity index (χ1v) is 9.37. The van der Waals surface area contributed by atoms with Crippen molar-refractivity contribution in [2.45, 2.75) is 89.9 Å². The third kappa shape index (κ3) is 4.36. The molecule has 0 unspecified atom stereocenters. The van der Waals surface area contributed by atoms with Gasteiger partial charge in [-0.15, -0.1) is 0 Å². The number of carbonyl (C=O) groups excluding carboxylic acids is 1. The minimum Gasteiger partial charge on any atom is -0.424 e. The second kappa shape index (κ2) is 7.09. The van der Waals surface area contributed by atoms with Gasteiger partial charge < -0.3 is 33.5 Å². The summed E-state index contributed by atoms with van der Waals surface area (Å²) in [4.78, 5) is 12.3. The van der Waals surface area contributed by atoms with Crippen molar-refractivity contribution in [3.8, 4) is 0 Å². The van der Waals surface area contributed by atoms with E-state index in [2.05, 4.69) is 0 Å². The molecule has 8 nitrogen and oxygen atoms in total. The predicted molar refractivity (Wildman–Crippen MR) is 93.2 cm³/mol. The lowest BCUT2D eigenvalue weighted by Gasteiger charge is -2.34. The van der Waals surface area contributed by atoms with Crippen LogP contribution in [0.5, 0.6) is 0 Å². The van der Waals surface area contributed by atoms with E-state index in [1.54, 1.807) is 33.8 Å². The topological polar surface area (TPSA) is 92.7 Å². The number of fused-ring (bicyclic) bond motifs is 1. The van der Waals surface area contributed by atoms with E-state index in [0.29, 0.717) is 5.92 Å². The number of hydrogen-bond acceptors (Lipinski definition) is 8. The van der Waals surface area contributed by atoms with Crippen molar-refractivity contribution in [1.82, 2.24) is 0 Å². The quantitative estimate of drug-likeness (QED) is 0.435. The number of ether oxygens (including phenoxy) is 6. The molecule has 8 heteroatoms. The van der Waals surface area contributed by atoms with E-state index in [0.717, 1.165) is 6.42 Å². The van der Waals surface area contributed by atoms with Gasteiger partial charge in [0.2, 0.25) is 0 Å². The van der Waals surface area contributed by atoms with Crippen LogP contribution < -0.4 is 0 Å². The Balaban J connectivity index is 1.79. The van der Waals surface area contributed by atoms with Gasteiger partial charge in [-0.1, -0.05) is 19.9 Å². The lowest BCUT2D eigenvalue weighted by molar-refractivity contribution is -0.301. The second-order valence-corrected chi connectivity index (χ2v) is 8.55. The molecule has 0 aromatic carbocycles. The molecule has 3 rings (SSSR count). The van der Waals surface area contributed by atoms with E-state index in [1.165, 1.54) is 6.08 Å². The van der Waals surface area contributed by atoms with E-state index in [4.69, 9.17) is 28.4 Å². The molecule has 0 amide bonds. The average Bonchev–Trinajstić information content (AvgIpc) is 3.09. The maximum atomic E-state index is 12.3. The van der Waals surface area contributed by atoms with Gasteiger partial charge in [0, 0.05) is 6.08 Å². The molecular formula is C19H30O8. The number of aliphatic hydroxyl groups is 1. The minimum atomic E-state index is -2.06. The maximum Gasteiger partial charge on any atom is 0.333 e. The van der Waals surface area contributed by atoms with Crippen LogP contribution in [0.1, 0.15) is 48.0 Å². The zero-order valence-electron chi connectivity index (χ0n) is 16.8. The Bertz CT molecular complexity index is 599. The summed E-state index contributed by atoms with van der Waals surface area (Å²) in [6.07, 6.45) is 0.222. The normalized spacial score (nSPS) is 40.0. The molecule has 0 saturated carbocycles. The molecule has 27 heavy (non-hydrogen) atoms. The zero-order chi connectivity index (χ0) is 20.0. The molecule has 3 fully saturated rings. The van der Waals surface area contributed by atoms with Crippen molar-refractivity contribution in [2.24, 2.45) is 5.92 Å². The third-order valence-electron chi connectivity index (χ3n) is 4.65. The van der Waals surface area contributed by atoms with Gasteiger partial charge in [0.15, 0.2) is 30.1 Å². The van der Waals surface area contributed by atoms with Gasteiger partial charge in [0.25, 0.3) is 5.79 Å². The van der Waals surface area contributed by atoms with Gasteiger partial charge in [0.05, 0.1) is 6.61 Å². The Labute approximate surface area is 159 Å². The number of rotatable bonds is 5. The van der Waals surface area contributed by atoms with E-state index in [-0.39, 0.29) is 6.61 Å². The molecule has 3 saturated heterocycles. The van der Waals surface area contributed by atoms with Crippen molar-refractivity contribution in [2.75, 3.05) is 6.61 Å². The maximum absolute atomic E-state index is 12.3. The Kier molecular flexibility index (Phi) is 5.44. The number of hydrogen-bond donors (Lipinski definition) is 1. The summed E-state index contributed by atoms with van der Waals surface area (Å²) in [5.41, 5.74) is 0. The van der Waals surface area contributed by atoms with E-state index in [9.17, 15) is 9.90 Å². The smallest absolute Gasteiger partial charge is 0.333 e. The van der Waals surface area contributed by atoms with Crippen LogP contribution >= 0.6 is 0 Å². The molecule has 154 valence electrons. The molecule has 0 aromatic rings. The summed E-state index contributed by atoms with van der Waals surface area (Å²) in [6, 6.07) is 0. The lowest BCUT2D eigenvalue weighted by Crippen LogP contribution is -2.56. The molecule has 0 bridgehead atoms. The highest BCUT2D eigenvalue weighted by atomic mass is 16.9. The van der Waals surface area contributed by atoms with Gasteiger partial charge >= 0.3 is 5.97 Å². The van der Waals surface area contributed by atoms with Crippen LogP contribution in [0.25, 0.3) is 0 Å². The van der Waals surface area contributed by atoms with Crippen LogP contribution in [0.3, 0.4) is 0 Å². The Morgan fingerprint density at radius 3 is 2.44 bits per heavy atom. The third-order valence-corrected chi connectivity index (χ3v) is 4.65. The molecule has 0 spiro atoms. The summed E-state index contributed by atoms with van der Waals surface area (Å²) in [5, 5.41) is 11.3. The first-order valence-electron chi connectivity index (χ1n) is 9.37. The van der Waals surface area contributed by atoms with Gasteiger partial charge in [-0.05, 0) is 40.0 Å². The highest BCUT2D eigenvalue weighted by molar-refractivity contribution is 5.82. The number of esters is 1. The van der Waals surface area contributed by atoms with Crippen LogP contribution in [0.2, 0.25) is 0 Å². The van der Waals surface area contributed by atoms with Crippen molar-refractivity contribution >= 4 is 5.97 Å². The monoisotopic (exact) mass is 386 g/mol. The summed E-state index contributed by atoms with van der Waals surface area (Å²) >= 11 is 0. The molecule has 5 atom stereocenters. The summed E-state index contributed by atoms with van der Waals surface area (Å²) in [6.45, 7) is 11.2.